The van der Waals surface area contributed by atoms with Crippen molar-refractivity contribution in [3.05, 3.63) is 27.8 Å². The molecule has 0 bridgehead atoms. The van der Waals surface area contributed by atoms with Gasteiger partial charge in [0.1, 0.15) is 0 Å². The van der Waals surface area contributed by atoms with Crippen LogP contribution in [0.25, 0.3) is 0 Å². The average Bonchev–Trinajstić information content (AvgIpc) is 2.68. The molecule has 2 aliphatic heterocycles. The number of anilines is 1. The second-order valence-electron chi connectivity index (χ2n) is 7.72. The van der Waals surface area contributed by atoms with E-state index in [4.69, 9.17) is 4.74 Å². The molecule has 2 saturated heterocycles. The fourth-order valence-electron chi connectivity index (χ4n) is 4.33. The Labute approximate surface area is 162 Å². The highest BCUT2D eigenvalue weighted by Gasteiger charge is 2.28. The first kappa shape index (κ1) is 19.9. The molecule has 3 rings (SSSR count). The van der Waals surface area contributed by atoms with Crippen LogP contribution in [0, 0.1) is 10.1 Å². The molecule has 0 N–H and O–H groups in total. The highest BCUT2D eigenvalue weighted by Crippen LogP contribution is 2.37. The number of hydrogen-bond acceptors (Lipinski definition) is 6. The number of nitrogens with zero attached hydrogens (tertiary/aromatic N) is 4. The molecule has 0 spiro atoms. The van der Waals surface area contributed by atoms with Crippen molar-refractivity contribution < 1.29 is 9.66 Å². The van der Waals surface area contributed by atoms with E-state index in [-0.39, 0.29) is 10.6 Å². The Morgan fingerprint density at radius 3 is 2.37 bits per heavy atom. The first-order valence-electron chi connectivity index (χ1n) is 10.1. The van der Waals surface area contributed by atoms with Gasteiger partial charge in [0.2, 0.25) is 0 Å². The predicted octanol–water partition coefficient (Wildman–Crippen LogP) is 2.77. The third kappa shape index (κ3) is 4.52. The minimum absolute atomic E-state index is 0.0667. The first-order valence-corrected chi connectivity index (χ1v) is 10.1. The Bertz CT molecular complexity index is 651. The monoisotopic (exact) mass is 376 g/mol. The third-order valence-electron chi connectivity index (χ3n) is 5.96. The average molecular weight is 377 g/mol. The van der Waals surface area contributed by atoms with E-state index in [1.54, 1.807) is 6.07 Å². The van der Waals surface area contributed by atoms with Gasteiger partial charge in [-0.15, -0.1) is 0 Å². The van der Waals surface area contributed by atoms with E-state index in [0.717, 1.165) is 76.2 Å². The van der Waals surface area contributed by atoms with Crippen molar-refractivity contribution in [3.8, 4) is 5.75 Å². The number of aryl methyl sites for hydroxylation is 1. The topological polar surface area (TPSA) is 62.1 Å². The van der Waals surface area contributed by atoms with Gasteiger partial charge in [-0.2, -0.15) is 0 Å². The fraction of sp³-hybridized carbons (Fsp3) is 0.700. The van der Waals surface area contributed by atoms with Gasteiger partial charge in [-0.3, -0.25) is 15.0 Å². The summed E-state index contributed by atoms with van der Waals surface area (Å²) in [6.07, 6.45) is 4.11. The maximum atomic E-state index is 11.4. The van der Waals surface area contributed by atoms with Gasteiger partial charge < -0.3 is 14.5 Å². The van der Waals surface area contributed by atoms with Crippen molar-refractivity contribution >= 4 is 11.4 Å². The Kier molecular flexibility index (Phi) is 6.55. The highest BCUT2D eigenvalue weighted by molar-refractivity contribution is 5.64. The smallest absolute Gasteiger partial charge is 0.311 e. The van der Waals surface area contributed by atoms with Crippen LogP contribution in [-0.4, -0.2) is 74.2 Å². The number of ether oxygens (including phenoxy) is 1. The van der Waals surface area contributed by atoms with Crippen LogP contribution in [0.1, 0.15) is 31.7 Å². The van der Waals surface area contributed by atoms with Gasteiger partial charge in [0, 0.05) is 63.1 Å². The summed E-state index contributed by atoms with van der Waals surface area (Å²) in [5.74, 6) is 0.357. The van der Waals surface area contributed by atoms with Crippen molar-refractivity contribution in [1.29, 1.82) is 0 Å². The maximum Gasteiger partial charge on any atom is 0.311 e. The van der Waals surface area contributed by atoms with Crippen LogP contribution < -0.4 is 9.64 Å². The van der Waals surface area contributed by atoms with Gasteiger partial charge in [-0.1, -0.05) is 13.3 Å². The molecule has 2 aliphatic rings. The van der Waals surface area contributed by atoms with Gasteiger partial charge >= 0.3 is 5.69 Å². The highest BCUT2D eigenvalue weighted by atomic mass is 16.6. The summed E-state index contributed by atoms with van der Waals surface area (Å²) >= 11 is 0. The standard InChI is InChI=1S/C20H32N4O3/c1-4-5-16-14-19(24(25)26)20(27-3)15-18(16)23-8-6-17(7-9-23)22-12-10-21(2)11-13-22/h14-15,17H,4-13H2,1-3H3. The number of hydrogen-bond donors (Lipinski definition) is 0. The largest absolute Gasteiger partial charge is 0.490 e. The fourth-order valence-corrected chi connectivity index (χ4v) is 4.33. The van der Waals surface area contributed by atoms with Crippen LogP contribution in [0.3, 0.4) is 0 Å². The molecule has 0 aliphatic carbocycles. The predicted molar refractivity (Wildman–Crippen MR) is 108 cm³/mol. The minimum atomic E-state index is -0.346. The van der Waals surface area contributed by atoms with E-state index in [2.05, 4.69) is 28.7 Å². The van der Waals surface area contributed by atoms with Crippen molar-refractivity contribution in [2.45, 2.75) is 38.6 Å². The molecular weight excluding hydrogens is 344 g/mol. The summed E-state index contributed by atoms with van der Waals surface area (Å²) in [6.45, 7) is 8.73. The van der Waals surface area contributed by atoms with Gasteiger partial charge in [-0.25, -0.2) is 0 Å². The number of likely N-dealkylation sites (N-methyl/N-ethyl adjacent to an activating group) is 1. The summed E-state index contributed by atoms with van der Waals surface area (Å²) in [6, 6.07) is 4.24. The Morgan fingerprint density at radius 1 is 1.15 bits per heavy atom. The van der Waals surface area contributed by atoms with Crippen molar-refractivity contribution in [2.75, 3.05) is 58.3 Å². The van der Waals surface area contributed by atoms with E-state index < -0.39 is 0 Å². The van der Waals surface area contributed by atoms with Crippen LogP contribution in [0.2, 0.25) is 0 Å². The number of piperazine rings is 1. The van der Waals surface area contributed by atoms with Gasteiger partial charge in [-0.05, 0) is 31.9 Å². The van der Waals surface area contributed by atoms with Crippen LogP contribution in [0.4, 0.5) is 11.4 Å². The van der Waals surface area contributed by atoms with Crippen LogP contribution in [-0.2, 0) is 6.42 Å². The molecule has 2 fully saturated rings. The van der Waals surface area contributed by atoms with Crippen molar-refractivity contribution in [1.82, 2.24) is 9.80 Å². The van der Waals surface area contributed by atoms with E-state index in [9.17, 15) is 10.1 Å². The Hall–Kier alpha value is -1.86. The summed E-state index contributed by atoms with van der Waals surface area (Å²) in [4.78, 5) is 18.4. The summed E-state index contributed by atoms with van der Waals surface area (Å²) in [7, 11) is 3.70. The lowest BCUT2D eigenvalue weighted by atomic mass is 9.99. The van der Waals surface area contributed by atoms with Crippen molar-refractivity contribution in [2.24, 2.45) is 0 Å². The normalized spacial score (nSPS) is 20.0. The number of benzene rings is 1. The molecule has 0 aromatic heterocycles. The molecule has 1 aromatic rings. The quantitative estimate of drug-likeness (QED) is 0.562. The second kappa shape index (κ2) is 8.89. The first-order chi connectivity index (χ1) is 13.0. The molecule has 0 unspecified atom stereocenters. The molecule has 0 saturated carbocycles. The molecule has 0 amide bonds. The Morgan fingerprint density at radius 2 is 1.81 bits per heavy atom. The lowest BCUT2D eigenvalue weighted by Crippen LogP contribution is -2.52. The summed E-state index contributed by atoms with van der Waals surface area (Å²) in [5.41, 5.74) is 2.23. The summed E-state index contributed by atoms with van der Waals surface area (Å²) < 4.78 is 5.32. The van der Waals surface area contributed by atoms with Crippen LogP contribution in [0.15, 0.2) is 12.1 Å². The zero-order valence-corrected chi connectivity index (χ0v) is 16.8. The van der Waals surface area contributed by atoms with Crippen molar-refractivity contribution in [3.63, 3.8) is 0 Å². The third-order valence-corrected chi connectivity index (χ3v) is 5.96. The zero-order chi connectivity index (χ0) is 19.4. The number of piperidine rings is 1. The second-order valence-corrected chi connectivity index (χ2v) is 7.72. The maximum absolute atomic E-state index is 11.4. The van der Waals surface area contributed by atoms with Crippen LogP contribution >= 0.6 is 0 Å². The molecule has 150 valence electrons. The zero-order valence-electron chi connectivity index (χ0n) is 16.8. The Balaban J connectivity index is 1.73. The SMILES string of the molecule is CCCc1cc([N+](=O)[O-])c(OC)cc1N1CCC(N2CCN(C)CC2)CC1. The lowest BCUT2D eigenvalue weighted by Gasteiger charge is -2.43. The molecular formula is C20H32N4O3. The molecule has 1 aromatic carbocycles. The van der Waals surface area contributed by atoms with Gasteiger partial charge in [0.15, 0.2) is 5.75 Å². The van der Waals surface area contributed by atoms with E-state index in [1.165, 1.54) is 7.11 Å². The van der Waals surface area contributed by atoms with E-state index in [1.807, 2.05) is 6.07 Å². The van der Waals surface area contributed by atoms with E-state index >= 15 is 0 Å². The number of rotatable bonds is 6. The molecule has 7 nitrogen and oxygen atoms in total. The summed E-state index contributed by atoms with van der Waals surface area (Å²) in [5, 5.41) is 11.4. The molecule has 2 heterocycles. The molecule has 0 atom stereocenters. The molecule has 7 heteroatoms. The molecule has 0 radical (unpaired) electrons. The van der Waals surface area contributed by atoms with Crippen LogP contribution in [0.5, 0.6) is 5.75 Å². The number of nitro benzene ring substituents is 1. The number of nitro groups is 1. The lowest BCUT2D eigenvalue weighted by molar-refractivity contribution is -0.385. The van der Waals surface area contributed by atoms with Gasteiger partial charge in [0.25, 0.3) is 0 Å². The van der Waals surface area contributed by atoms with E-state index in [0.29, 0.717) is 11.8 Å². The minimum Gasteiger partial charge on any atom is -0.490 e. The number of methoxy groups -OCH3 is 1. The molecule has 27 heavy (non-hydrogen) atoms. The van der Waals surface area contributed by atoms with Gasteiger partial charge in [0.05, 0.1) is 12.0 Å².